The molecule has 2 N–H and O–H groups in total. The van der Waals surface area contributed by atoms with Gasteiger partial charge in [0.05, 0.1) is 6.26 Å². The first kappa shape index (κ1) is 12.7. The Morgan fingerprint density at radius 3 is 2.94 bits per heavy atom. The van der Waals surface area contributed by atoms with Gasteiger partial charge in [-0.3, -0.25) is 5.10 Å². The molecule has 0 radical (unpaired) electrons. The first-order valence-electron chi connectivity index (χ1n) is 6.08. The lowest BCUT2D eigenvalue weighted by molar-refractivity contribution is 0.260. The largest absolute Gasteiger partial charge is 0.468 e. The van der Waals surface area contributed by atoms with Gasteiger partial charge in [-0.15, -0.1) is 5.10 Å². The number of rotatable bonds is 6. The first-order chi connectivity index (χ1) is 8.63. The second kappa shape index (κ2) is 5.73. The highest BCUT2D eigenvalue weighted by Crippen LogP contribution is 2.13. The number of nitrogens with one attached hydrogen (secondary N) is 2. The number of hydrogen-bond acceptors (Lipinski definition) is 4. The van der Waals surface area contributed by atoms with Crippen molar-refractivity contribution in [3.05, 3.63) is 35.4 Å². The monoisotopic (exact) mass is 249 g/mol. The van der Waals surface area contributed by atoms with Gasteiger partial charge in [0.15, 0.2) is 0 Å². The third-order valence-corrected chi connectivity index (χ3v) is 2.47. The summed E-state index contributed by atoms with van der Waals surface area (Å²) < 4.78 is 10.9. The summed E-state index contributed by atoms with van der Waals surface area (Å²) in [6, 6.07) is 4.31. The van der Waals surface area contributed by atoms with Crippen LogP contribution in [-0.2, 0) is 13.2 Å². The molecule has 0 aliphatic heterocycles. The molecule has 5 heteroatoms. The fourth-order valence-corrected chi connectivity index (χ4v) is 1.53. The highest BCUT2D eigenvalue weighted by molar-refractivity contribution is 5.15. The van der Waals surface area contributed by atoms with Crippen LogP contribution in [0.5, 0.6) is 5.88 Å². The van der Waals surface area contributed by atoms with E-state index in [1.165, 1.54) is 0 Å². The quantitative estimate of drug-likeness (QED) is 0.825. The van der Waals surface area contributed by atoms with Gasteiger partial charge in [0.2, 0.25) is 5.88 Å². The van der Waals surface area contributed by atoms with E-state index in [0.717, 1.165) is 23.6 Å². The second-order valence-corrected chi connectivity index (χ2v) is 4.63. The van der Waals surface area contributed by atoms with Gasteiger partial charge < -0.3 is 14.5 Å². The summed E-state index contributed by atoms with van der Waals surface area (Å²) in [5, 5.41) is 10.2. The topological polar surface area (TPSA) is 63.1 Å². The van der Waals surface area contributed by atoms with Crippen molar-refractivity contribution < 1.29 is 9.15 Å². The van der Waals surface area contributed by atoms with Crippen LogP contribution in [0, 0.1) is 6.92 Å². The lowest BCUT2D eigenvalue weighted by Gasteiger charge is -2.04. The maximum atomic E-state index is 5.50. The second-order valence-electron chi connectivity index (χ2n) is 4.63. The van der Waals surface area contributed by atoms with Gasteiger partial charge in [0.1, 0.15) is 12.4 Å². The van der Waals surface area contributed by atoms with Crippen LogP contribution in [0.15, 0.2) is 22.8 Å². The Morgan fingerprint density at radius 2 is 2.28 bits per heavy atom. The number of nitrogens with zero attached hydrogens (tertiary/aromatic N) is 1. The highest BCUT2D eigenvalue weighted by Gasteiger charge is 2.05. The minimum Gasteiger partial charge on any atom is -0.468 e. The lowest BCUT2D eigenvalue weighted by atomic mass is 10.3. The van der Waals surface area contributed by atoms with Crippen LogP contribution in [0.2, 0.25) is 0 Å². The number of H-pyrrole nitrogens is 1. The van der Waals surface area contributed by atoms with E-state index in [0.29, 0.717) is 18.5 Å². The molecule has 2 rings (SSSR count). The number of aryl methyl sites for hydroxylation is 1. The Labute approximate surface area is 107 Å². The molecule has 0 saturated carbocycles. The SMILES string of the molecule is Cc1cc(OCc2cc(CNC(C)C)co2)n[nH]1. The first-order valence-corrected chi connectivity index (χ1v) is 6.08. The summed E-state index contributed by atoms with van der Waals surface area (Å²) in [4.78, 5) is 0. The molecule has 0 bridgehead atoms. The number of ether oxygens (including phenoxy) is 1. The zero-order valence-electron chi connectivity index (χ0n) is 11.0. The summed E-state index contributed by atoms with van der Waals surface area (Å²) in [6.07, 6.45) is 1.75. The van der Waals surface area contributed by atoms with Crippen LogP contribution in [0.3, 0.4) is 0 Å². The van der Waals surface area contributed by atoms with Crippen molar-refractivity contribution in [1.82, 2.24) is 15.5 Å². The zero-order valence-corrected chi connectivity index (χ0v) is 11.0. The van der Waals surface area contributed by atoms with Crippen molar-refractivity contribution in [3.8, 4) is 5.88 Å². The molecular formula is C13H19N3O2. The molecule has 0 spiro atoms. The number of hydrogen-bond donors (Lipinski definition) is 2. The fraction of sp³-hybridized carbons (Fsp3) is 0.462. The average Bonchev–Trinajstić information content (AvgIpc) is 2.93. The number of furan rings is 1. The van der Waals surface area contributed by atoms with Crippen molar-refractivity contribution in [3.63, 3.8) is 0 Å². The lowest BCUT2D eigenvalue weighted by Crippen LogP contribution is -2.21. The van der Waals surface area contributed by atoms with Crippen molar-refractivity contribution in [2.24, 2.45) is 0 Å². The summed E-state index contributed by atoms with van der Waals surface area (Å²) in [6.45, 7) is 7.37. The Hall–Kier alpha value is -1.75. The Kier molecular flexibility index (Phi) is 4.04. The maximum absolute atomic E-state index is 5.50. The molecule has 0 aliphatic carbocycles. The van der Waals surface area contributed by atoms with Gasteiger partial charge in [-0.1, -0.05) is 13.8 Å². The highest BCUT2D eigenvalue weighted by atomic mass is 16.5. The molecule has 0 amide bonds. The molecule has 18 heavy (non-hydrogen) atoms. The van der Waals surface area contributed by atoms with Gasteiger partial charge >= 0.3 is 0 Å². The van der Waals surface area contributed by atoms with E-state index in [2.05, 4.69) is 29.4 Å². The van der Waals surface area contributed by atoms with Crippen LogP contribution in [0.4, 0.5) is 0 Å². The predicted octanol–water partition coefficient (Wildman–Crippen LogP) is 2.39. The minimum atomic E-state index is 0.395. The molecular weight excluding hydrogens is 230 g/mol. The predicted molar refractivity (Wildman–Crippen MR) is 68.3 cm³/mol. The van der Waals surface area contributed by atoms with Crippen LogP contribution < -0.4 is 10.1 Å². The van der Waals surface area contributed by atoms with Crippen molar-refractivity contribution in [2.45, 2.75) is 40.0 Å². The molecule has 98 valence electrons. The molecule has 5 nitrogen and oxygen atoms in total. The van der Waals surface area contributed by atoms with Crippen LogP contribution in [-0.4, -0.2) is 16.2 Å². The Bertz CT molecular complexity index is 488. The fourth-order valence-electron chi connectivity index (χ4n) is 1.53. The molecule has 2 aromatic heterocycles. The van der Waals surface area contributed by atoms with E-state index in [9.17, 15) is 0 Å². The third kappa shape index (κ3) is 3.63. The van der Waals surface area contributed by atoms with Gasteiger partial charge in [-0.05, 0) is 13.0 Å². The molecule has 0 aromatic carbocycles. The van der Waals surface area contributed by atoms with Crippen LogP contribution in [0.1, 0.15) is 30.9 Å². The van der Waals surface area contributed by atoms with Gasteiger partial charge in [-0.25, -0.2) is 0 Å². The zero-order chi connectivity index (χ0) is 13.0. The summed E-state index contributed by atoms with van der Waals surface area (Å²) in [5.41, 5.74) is 2.10. The molecule has 2 aromatic rings. The van der Waals surface area contributed by atoms with Gasteiger partial charge in [-0.2, -0.15) is 0 Å². The van der Waals surface area contributed by atoms with Gasteiger partial charge in [0.25, 0.3) is 0 Å². The third-order valence-electron chi connectivity index (χ3n) is 2.47. The summed E-state index contributed by atoms with van der Waals surface area (Å²) >= 11 is 0. The Morgan fingerprint density at radius 1 is 1.44 bits per heavy atom. The van der Waals surface area contributed by atoms with E-state index >= 15 is 0 Å². The minimum absolute atomic E-state index is 0.395. The molecule has 2 heterocycles. The van der Waals surface area contributed by atoms with E-state index in [4.69, 9.17) is 9.15 Å². The number of aromatic amines is 1. The van der Waals surface area contributed by atoms with E-state index in [-0.39, 0.29) is 0 Å². The summed E-state index contributed by atoms with van der Waals surface area (Å²) in [7, 11) is 0. The van der Waals surface area contributed by atoms with Crippen molar-refractivity contribution in [1.29, 1.82) is 0 Å². The average molecular weight is 249 g/mol. The molecule has 0 saturated heterocycles. The smallest absolute Gasteiger partial charge is 0.233 e. The molecule has 0 aliphatic rings. The van der Waals surface area contributed by atoms with Crippen LogP contribution in [0.25, 0.3) is 0 Å². The summed E-state index contributed by atoms with van der Waals surface area (Å²) in [5.74, 6) is 1.39. The maximum Gasteiger partial charge on any atom is 0.233 e. The molecule has 0 fully saturated rings. The van der Waals surface area contributed by atoms with Crippen molar-refractivity contribution in [2.75, 3.05) is 0 Å². The van der Waals surface area contributed by atoms with Crippen molar-refractivity contribution >= 4 is 0 Å². The molecule has 0 atom stereocenters. The molecule has 0 unspecified atom stereocenters. The standard InChI is InChI=1S/C13H19N3O2/c1-9(2)14-6-11-5-12(17-7-11)8-18-13-4-10(3)15-16-13/h4-5,7,9,14H,6,8H2,1-3H3,(H,15,16). The number of aromatic nitrogens is 2. The normalized spacial score (nSPS) is 11.1. The van der Waals surface area contributed by atoms with Crippen LogP contribution >= 0.6 is 0 Å². The van der Waals surface area contributed by atoms with E-state index in [1.54, 1.807) is 6.26 Å². The van der Waals surface area contributed by atoms with E-state index in [1.807, 2.05) is 19.1 Å². The van der Waals surface area contributed by atoms with E-state index < -0.39 is 0 Å². The Balaban J connectivity index is 1.83. The van der Waals surface area contributed by atoms with Gasteiger partial charge in [0, 0.05) is 29.9 Å².